The summed E-state index contributed by atoms with van der Waals surface area (Å²) in [6, 6.07) is 8.03. The Kier molecular flexibility index (Phi) is 9.89. The molecule has 2 aromatic carbocycles. The molecular weight excluding hydrogens is 504 g/mol. The van der Waals surface area contributed by atoms with E-state index in [0.29, 0.717) is 30.5 Å². The monoisotopic (exact) mass is 540 g/mol. The van der Waals surface area contributed by atoms with Crippen LogP contribution in [0.2, 0.25) is 0 Å². The number of carbonyl (C=O) groups excluding carboxylic acids is 3. The molecule has 7 N–H and O–H groups in total. The number of nitrogens with two attached hydrogens (primary N) is 1. The standard InChI is InChI=1S/C28H36N4O7/c1-16(2)24(29)27(37)32-13-3-4-23(32)26(36)30-21(14-17-5-9-19(33)10-6-17)25(35)31-22(28(38)39)15-18-7-11-20(34)12-8-18/h5-12,16,21-24,33-34H,3-4,13-15,29H2,1-2H3,(H,30,36)(H,31,35)(H,38,39). The zero-order chi connectivity index (χ0) is 28.7. The number of hydrogen-bond acceptors (Lipinski definition) is 7. The molecule has 0 saturated carbocycles. The molecule has 11 nitrogen and oxygen atoms in total. The van der Waals surface area contributed by atoms with Crippen molar-refractivity contribution >= 4 is 23.7 Å². The number of amides is 3. The van der Waals surface area contributed by atoms with Gasteiger partial charge in [-0.25, -0.2) is 4.79 Å². The van der Waals surface area contributed by atoms with Crippen LogP contribution in [0.1, 0.15) is 37.8 Å². The predicted molar refractivity (Wildman–Crippen MR) is 143 cm³/mol. The van der Waals surface area contributed by atoms with Gasteiger partial charge >= 0.3 is 5.97 Å². The smallest absolute Gasteiger partial charge is 0.326 e. The number of carbonyl (C=O) groups is 4. The number of nitrogens with zero attached hydrogens (tertiary/aromatic N) is 1. The predicted octanol–water partition coefficient (Wildman–Crippen LogP) is 0.912. The summed E-state index contributed by atoms with van der Waals surface area (Å²) in [5.41, 5.74) is 7.25. The van der Waals surface area contributed by atoms with Crippen molar-refractivity contribution in [1.82, 2.24) is 15.5 Å². The summed E-state index contributed by atoms with van der Waals surface area (Å²) in [6.07, 6.45) is 1.00. The van der Waals surface area contributed by atoms with Gasteiger partial charge in [0.25, 0.3) is 0 Å². The van der Waals surface area contributed by atoms with Crippen LogP contribution in [-0.4, -0.2) is 74.6 Å². The molecule has 1 heterocycles. The molecule has 3 amide bonds. The minimum Gasteiger partial charge on any atom is -0.508 e. The van der Waals surface area contributed by atoms with Crippen molar-refractivity contribution in [2.45, 2.75) is 63.7 Å². The zero-order valence-electron chi connectivity index (χ0n) is 22.0. The molecule has 0 aromatic heterocycles. The lowest BCUT2D eigenvalue weighted by atomic mass is 10.0. The van der Waals surface area contributed by atoms with E-state index in [-0.39, 0.29) is 36.2 Å². The third-order valence-corrected chi connectivity index (χ3v) is 6.84. The Balaban J connectivity index is 1.79. The van der Waals surface area contributed by atoms with Crippen molar-refractivity contribution in [1.29, 1.82) is 0 Å². The Bertz CT molecular complexity index is 1170. The van der Waals surface area contributed by atoms with Crippen LogP contribution in [0.3, 0.4) is 0 Å². The van der Waals surface area contributed by atoms with Crippen molar-refractivity contribution in [2.75, 3.05) is 6.54 Å². The Labute approximate surface area is 227 Å². The number of hydrogen-bond donors (Lipinski definition) is 6. The van der Waals surface area contributed by atoms with Crippen LogP contribution >= 0.6 is 0 Å². The maximum absolute atomic E-state index is 13.4. The summed E-state index contributed by atoms with van der Waals surface area (Å²) in [7, 11) is 0. The molecule has 1 saturated heterocycles. The lowest BCUT2D eigenvalue weighted by Gasteiger charge is -2.29. The number of phenolic OH excluding ortho intramolecular Hbond substituents is 2. The molecule has 0 aliphatic carbocycles. The zero-order valence-corrected chi connectivity index (χ0v) is 22.0. The molecule has 39 heavy (non-hydrogen) atoms. The summed E-state index contributed by atoms with van der Waals surface area (Å²) >= 11 is 0. The van der Waals surface area contributed by atoms with E-state index in [2.05, 4.69) is 10.6 Å². The minimum atomic E-state index is -1.30. The molecule has 0 bridgehead atoms. The van der Waals surface area contributed by atoms with E-state index in [9.17, 15) is 34.5 Å². The summed E-state index contributed by atoms with van der Waals surface area (Å²) < 4.78 is 0. The molecule has 4 unspecified atom stereocenters. The first-order chi connectivity index (χ1) is 18.5. The van der Waals surface area contributed by atoms with Gasteiger partial charge in [0.05, 0.1) is 6.04 Å². The van der Waals surface area contributed by atoms with Gasteiger partial charge in [-0.15, -0.1) is 0 Å². The average Bonchev–Trinajstić information content (AvgIpc) is 3.39. The highest BCUT2D eigenvalue weighted by Crippen LogP contribution is 2.21. The molecule has 210 valence electrons. The molecule has 3 rings (SSSR count). The van der Waals surface area contributed by atoms with Crippen LogP contribution < -0.4 is 16.4 Å². The molecule has 1 aliphatic rings. The Morgan fingerprint density at radius 1 is 0.897 bits per heavy atom. The maximum Gasteiger partial charge on any atom is 0.326 e. The van der Waals surface area contributed by atoms with Crippen LogP contribution in [-0.2, 0) is 32.0 Å². The first-order valence-electron chi connectivity index (χ1n) is 12.9. The van der Waals surface area contributed by atoms with Crippen LogP contribution in [0.15, 0.2) is 48.5 Å². The number of carboxylic acids is 1. The van der Waals surface area contributed by atoms with Gasteiger partial charge in [0.2, 0.25) is 17.7 Å². The van der Waals surface area contributed by atoms with Crippen molar-refractivity contribution < 1.29 is 34.5 Å². The molecule has 4 atom stereocenters. The number of rotatable bonds is 11. The first kappa shape index (κ1) is 29.4. The number of likely N-dealkylation sites (tertiary alicyclic amines) is 1. The van der Waals surface area contributed by atoms with Crippen LogP contribution in [0.4, 0.5) is 0 Å². The molecular formula is C28H36N4O7. The average molecular weight is 541 g/mol. The quantitative estimate of drug-likeness (QED) is 0.243. The molecule has 11 heteroatoms. The second-order valence-corrected chi connectivity index (χ2v) is 10.2. The van der Waals surface area contributed by atoms with E-state index in [1.165, 1.54) is 29.2 Å². The van der Waals surface area contributed by atoms with E-state index < -0.39 is 42.0 Å². The fourth-order valence-corrected chi connectivity index (χ4v) is 4.46. The van der Waals surface area contributed by atoms with Crippen molar-refractivity contribution in [3.8, 4) is 11.5 Å². The van der Waals surface area contributed by atoms with Crippen molar-refractivity contribution in [2.24, 2.45) is 11.7 Å². The van der Waals surface area contributed by atoms with E-state index in [0.717, 1.165) is 0 Å². The number of phenols is 2. The highest BCUT2D eigenvalue weighted by Gasteiger charge is 2.38. The molecule has 2 aromatic rings. The largest absolute Gasteiger partial charge is 0.508 e. The summed E-state index contributed by atoms with van der Waals surface area (Å²) in [4.78, 5) is 53.0. The number of aromatic hydroxyl groups is 2. The van der Waals surface area contributed by atoms with Crippen LogP contribution in [0.5, 0.6) is 11.5 Å². The van der Waals surface area contributed by atoms with Gasteiger partial charge in [-0.3, -0.25) is 14.4 Å². The van der Waals surface area contributed by atoms with Crippen LogP contribution in [0, 0.1) is 5.92 Å². The summed E-state index contributed by atoms with van der Waals surface area (Å²) in [5, 5.41) is 34.1. The number of aliphatic carboxylic acids is 1. The highest BCUT2D eigenvalue weighted by atomic mass is 16.4. The van der Waals surface area contributed by atoms with Gasteiger partial charge in [-0.05, 0) is 54.2 Å². The van der Waals surface area contributed by atoms with Gasteiger partial charge in [0.15, 0.2) is 0 Å². The highest BCUT2D eigenvalue weighted by molar-refractivity contribution is 5.94. The SMILES string of the molecule is CC(C)C(N)C(=O)N1CCCC1C(=O)NC(Cc1ccc(O)cc1)C(=O)NC(Cc1ccc(O)cc1)C(=O)O. The first-order valence-corrected chi connectivity index (χ1v) is 12.9. The van der Waals surface area contributed by atoms with E-state index in [1.807, 2.05) is 13.8 Å². The molecule has 1 aliphatic heterocycles. The number of carboxylic acid groups (broad SMARTS) is 1. The fourth-order valence-electron chi connectivity index (χ4n) is 4.46. The third kappa shape index (κ3) is 7.93. The minimum absolute atomic E-state index is 0.0234. The lowest BCUT2D eigenvalue weighted by Crippen LogP contribution is -2.57. The maximum atomic E-state index is 13.4. The Morgan fingerprint density at radius 2 is 1.41 bits per heavy atom. The van der Waals surface area contributed by atoms with Crippen molar-refractivity contribution in [3.05, 3.63) is 59.7 Å². The summed E-state index contributed by atoms with van der Waals surface area (Å²) in [6.45, 7) is 4.02. The van der Waals surface area contributed by atoms with Crippen molar-refractivity contribution in [3.63, 3.8) is 0 Å². The second-order valence-electron chi connectivity index (χ2n) is 10.2. The van der Waals surface area contributed by atoms with Gasteiger partial charge in [0.1, 0.15) is 29.6 Å². The van der Waals surface area contributed by atoms with Gasteiger partial charge in [-0.1, -0.05) is 38.1 Å². The van der Waals surface area contributed by atoms with Crippen LogP contribution in [0.25, 0.3) is 0 Å². The summed E-state index contributed by atoms with van der Waals surface area (Å²) in [5.74, 6) is -2.89. The number of nitrogens with one attached hydrogen (secondary N) is 2. The van der Waals surface area contributed by atoms with Gasteiger partial charge < -0.3 is 36.6 Å². The molecule has 0 spiro atoms. The van der Waals surface area contributed by atoms with Gasteiger partial charge in [0, 0.05) is 19.4 Å². The lowest BCUT2D eigenvalue weighted by molar-refractivity contribution is -0.143. The molecule has 1 fully saturated rings. The Hall–Kier alpha value is -4.12. The Morgan fingerprint density at radius 3 is 1.90 bits per heavy atom. The fraction of sp³-hybridized carbons (Fsp3) is 0.429. The molecule has 0 radical (unpaired) electrons. The van der Waals surface area contributed by atoms with E-state index >= 15 is 0 Å². The topological polar surface area (TPSA) is 182 Å². The van der Waals surface area contributed by atoms with Gasteiger partial charge in [-0.2, -0.15) is 0 Å². The van der Waals surface area contributed by atoms with E-state index in [1.54, 1.807) is 24.3 Å². The third-order valence-electron chi connectivity index (χ3n) is 6.84. The van der Waals surface area contributed by atoms with E-state index in [4.69, 9.17) is 5.73 Å². The second kappa shape index (κ2) is 13.1. The number of benzene rings is 2. The normalized spacial score (nSPS) is 17.3.